The summed E-state index contributed by atoms with van der Waals surface area (Å²) in [6, 6.07) is 6.33. The van der Waals surface area contributed by atoms with Gasteiger partial charge in [-0.1, -0.05) is 0 Å². The summed E-state index contributed by atoms with van der Waals surface area (Å²) in [6.45, 7) is 2.71. The van der Waals surface area contributed by atoms with Crippen LogP contribution in [0.1, 0.15) is 6.92 Å². The van der Waals surface area contributed by atoms with Crippen molar-refractivity contribution in [1.29, 1.82) is 0 Å². The first-order valence-electron chi connectivity index (χ1n) is 7.38. The predicted molar refractivity (Wildman–Crippen MR) is 94.1 cm³/mol. The SMILES string of the molecule is CCNc1ncnc2sc3c(=O)n(-c4ccc(O)cc4)ncc3c12. The summed E-state index contributed by atoms with van der Waals surface area (Å²) in [5.41, 5.74) is 0.374. The maximum absolute atomic E-state index is 12.8. The number of nitrogens with one attached hydrogen (secondary N) is 1. The number of phenolic OH excluding ortho intramolecular Hbond substituents is 1. The number of aromatic hydroxyl groups is 1. The predicted octanol–water partition coefficient (Wildman–Crippen LogP) is 2.53. The van der Waals surface area contributed by atoms with Gasteiger partial charge in [0.25, 0.3) is 5.56 Å². The maximum atomic E-state index is 12.8. The van der Waals surface area contributed by atoms with E-state index in [1.54, 1.807) is 18.3 Å². The van der Waals surface area contributed by atoms with Crippen LogP contribution in [0.5, 0.6) is 5.75 Å². The molecule has 0 aliphatic heterocycles. The van der Waals surface area contributed by atoms with Gasteiger partial charge in [0.15, 0.2) is 0 Å². The second-order valence-corrected chi connectivity index (χ2v) is 6.15. The van der Waals surface area contributed by atoms with Gasteiger partial charge in [-0.25, -0.2) is 9.97 Å². The fraction of sp³-hybridized carbons (Fsp3) is 0.125. The van der Waals surface area contributed by atoms with Crippen molar-refractivity contribution in [3.63, 3.8) is 0 Å². The van der Waals surface area contributed by atoms with Gasteiger partial charge >= 0.3 is 0 Å². The molecule has 0 saturated heterocycles. The first-order valence-corrected chi connectivity index (χ1v) is 8.19. The van der Waals surface area contributed by atoms with Gasteiger partial charge in [0.1, 0.15) is 27.4 Å². The Hall–Kier alpha value is -3.00. The van der Waals surface area contributed by atoms with Crippen molar-refractivity contribution >= 4 is 37.5 Å². The van der Waals surface area contributed by atoms with Gasteiger partial charge in [0, 0.05) is 11.9 Å². The molecule has 8 heteroatoms. The van der Waals surface area contributed by atoms with E-state index in [4.69, 9.17) is 0 Å². The van der Waals surface area contributed by atoms with Gasteiger partial charge in [-0.2, -0.15) is 9.78 Å². The van der Waals surface area contributed by atoms with Crippen molar-refractivity contribution in [1.82, 2.24) is 19.7 Å². The van der Waals surface area contributed by atoms with Crippen molar-refractivity contribution in [3.05, 3.63) is 47.1 Å². The lowest BCUT2D eigenvalue weighted by Gasteiger charge is -2.05. The Labute approximate surface area is 140 Å². The van der Waals surface area contributed by atoms with Crippen LogP contribution in [-0.2, 0) is 0 Å². The van der Waals surface area contributed by atoms with Crippen LogP contribution in [0.2, 0.25) is 0 Å². The molecule has 0 saturated carbocycles. The summed E-state index contributed by atoms with van der Waals surface area (Å²) in [6.07, 6.45) is 3.15. The van der Waals surface area contributed by atoms with Crippen LogP contribution in [0.15, 0.2) is 41.6 Å². The van der Waals surface area contributed by atoms with Gasteiger partial charge in [-0.3, -0.25) is 4.79 Å². The molecule has 0 spiro atoms. The van der Waals surface area contributed by atoms with Crippen LogP contribution in [0, 0.1) is 0 Å². The van der Waals surface area contributed by atoms with Crippen LogP contribution >= 0.6 is 11.3 Å². The van der Waals surface area contributed by atoms with Crippen LogP contribution in [-0.4, -0.2) is 31.4 Å². The lowest BCUT2D eigenvalue weighted by molar-refractivity contribution is 0.475. The molecular formula is C16H13N5O2S. The molecule has 0 bridgehead atoms. The fourth-order valence-electron chi connectivity index (χ4n) is 2.58. The summed E-state index contributed by atoms with van der Waals surface area (Å²) >= 11 is 1.33. The molecule has 24 heavy (non-hydrogen) atoms. The van der Waals surface area contributed by atoms with Gasteiger partial charge < -0.3 is 10.4 Å². The van der Waals surface area contributed by atoms with E-state index in [9.17, 15) is 9.90 Å². The molecule has 3 aromatic heterocycles. The Kier molecular flexibility index (Phi) is 3.39. The zero-order valence-electron chi connectivity index (χ0n) is 12.7. The largest absolute Gasteiger partial charge is 0.508 e. The number of anilines is 1. The van der Waals surface area contributed by atoms with Crippen LogP contribution in [0.25, 0.3) is 26.0 Å². The van der Waals surface area contributed by atoms with Gasteiger partial charge in [0.05, 0.1) is 17.3 Å². The second kappa shape index (κ2) is 5.57. The molecule has 4 aromatic rings. The van der Waals surface area contributed by atoms with Gasteiger partial charge in [-0.15, -0.1) is 11.3 Å². The van der Waals surface area contributed by atoms with Gasteiger partial charge in [-0.05, 0) is 31.2 Å². The number of thiophene rings is 1. The molecule has 1 aromatic carbocycles. The summed E-state index contributed by atoms with van der Waals surface area (Å²) in [7, 11) is 0. The fourth-order valence-corrected chi connectivity index (χ4v) is 3.62. The number of rotatable bonds is 3. The molecule has 0 radical (unpaired) electrons. The number of hydrogen-bond donors (Lipinski definition) is 2. The molecule has 4 rings (SSSR count). The van der Waals surface area contributed by atoms with E-state index < -0.39 is 0 Å². The zero-order chi connectivity index (χ0) is 16.7. The summed E-state index contributed by atoms with van der Waals surface area (Å²) in [5.74, 6) is 0.845. The Balaban J connectivity index is 2.00. The van der Waals surface area contributed by atoms with Crippen LogP contribution in [0.3, 0.4) is 0 Å². The number of hydrogen-bond acceptors (Lipinski definition) is 7. The van der Waals surface area contributed by atoms with E-state index in [0.29, 0.717) is 16.2 Å². The lowest BCUT2D eigenvalue weighted by atomic mass is 10.2. The number of benzene rings is 1. The standard InChI is InChI=1S/C16H13N5O2S/c1-2-17-14-12-11-7-20-21(9-3-5-10(22)6-4-9)16(23)13(11)24-15(12)19-8-18-14/h3-8,22H,2H2,1H3,(H,17,18,19). The normalized spacial score (nSPS) is 11.2. The average molecular weight is 339 g/mol. The Morgan fingerprint density at radius 2 is 2.04 bits per heavy atom. The topological polar surface area (TPSA) is 92.9 Å². The maximum Gasteiger partial charge on any atom is 0.289 e. The summed E-state index contributed by atoms with van der Waals surface area (Å²) < 4.78 is 1.89. The molecule has 0 aliphatic carbocycles. The van der Waals surface area contributed by atoms with Crippen molar-refractivity contribution in [2.75, 3.05) is 11.9 Å². The lowest BCUT2D eigenvalue weighted by Crippen LogP contribution is -2.19. The Morgan fingerprint density at radius 3 is 2.79 bits per heavy atom. The molecule has 2 N–H and O–H groups in total. The minimum absolute atomic E-state index is 0.139. The molecule has 120 valence electrons. The monoisotopic (exact) mass is 339 g/mol. The quantitative estimate of drug-likeness (QED) is 0.596. The smallest absolute Gasteiger partial charge is 0.289 e. The molecule has 0 amide bonds. The second-order valence-electron chi connectivity index (χ2n) is 5.16. The van der Waals surface area contributed by atoms with E-state index in [1.807, 2.05) is 6.92 Å². The van der Waals surface area contributed by atoms with Crippen molar-refractivity contribution < 1.29 is 5.11 Å². The molecule has 0 unspecified atom stereocenters. The number of nitrogens with zero attached hydrogens (tertiary/aromatic N) is 4. The molecule has 0 atom stereocenters. The van der Waals surface area contributed by atoms with Gasteiger partial charge in [0.2, 0.25) is 0 Å². The Bertz CT molecular complexity index is 1100. The van der Waals surface area contributed by atoms with E-state index in [2.05, 4.69) is 20.4 Å². The number of aromatic nitrogens is 4. The minimum atomic E-state index is -0.219. The van der Waals surface area contributed by atoms with Crippen molar-refractivity contribution in [2.45, 2.75) is 6.92 Å². The van der Waals surface area contributed by atoms with E-state index >= 15 is 0 Å². The van der Waals surface area contributed by atoms with E-state index in [0.717, 1.165) is 22.1 Å². The molecular weight excluding hydrogens is 326 g/mol. The third-order valence-electron chi connectivity index (χ3n) is 3.65. The van der Waals surface area contributed by atoms with Crippen LogP contribution < -0.4 is 10.9 Å². The van der Waals surface area contributed by atoms with E-state index in [-0.39, 0.29) is 11.3 Å². The molecule has 7 nitrogen and oxygen atoms in total. The van der Waals surface area contributed by atoms with Crippen LogP contribution in [0.4, 0.5) is 5.82 Å². The zero-order valence-corrected chi connectivity index (χ0v) is 13.5. The van der Waals surface area contributed by atoms with Crippen molar-refractivity contribution in [2.24, 2.45) is 0 Å². The number of phenols is 1. The highest BCUT2D eigenvalue weighted by molar-refractivity contribution is 7.25. The molecule has 0 aliphatic rings. The number of fused-ring (bicyclic) bond motifs is 3. The minimum Gasteiger partial charge on any atom is -0.508 e. The third kappa shape index (κ3) is 2.19. The summed E-state index contributed by atoms with van der Waals surface area (Å²) in [4.78, 5) is 22.1. The Morgan fingerprint density at radius 1 is 1.25 bits per heavy atom. The average Bonchev–Trinajstić information content (AvgIpc) is 2.97. The summed E-state index contributed by atoms with van der Waals surface area (Å²) in [5, 5.41) is 18.4. The first-order chi connectivity index (χ1) is 11.7. The van der Waals surface area contributed by atoms with E-state index in [1.165, 1.54) is 34.5 Å². The highest BCUT2D eigenvalue weighted by Crippen LogP contribution is 2.33. The molecule has 3 heterocycles. The highest BCUT2D eigenvalue weighted by atomic mass is 32.1. The molecule has 0 fully saturated rings. The third-order valence-corrected chi connectivity index (χ3v) is 4.75. The highest BCUT2D eigenvalue weighted by Gasteiger charge is 2.16. The first kappa shape index (κ1) is 14.6. The van der Waals surface area contributed by atoms with Crippen molar-refractivity contribution in [3.8, 4) is 11.4 Å².